The Morgan fingerprint density at radius 2 is 2.11 bits per heavy atom. The molecule has 2 aromatic rings. The molecule has 1 unspecified atom stereocenters. The molecule has 3 heterocycles. The van der Waals surface area contributed by atoms with E-state index in [0.717, 1.165) is 68.6 Å². The molecule has 0 radical (unpaired) electrons. The second-order valence-electron chi connectivity index (χ2n) is 7.69. The van der Waals surface area contributed by atoms with Gasteiger partial charge in [0, 0.05) is 42.8 Å². The van der Waals surface area contributed by atoms with Gasteiger partial charge in [0.2, 0.25) is 0 Å². The standard InChI is InChI=1S/C21H27ClN4O2/c22-17-4-1-3-16(11-17)21(6-9-28-10-7-21)14-23-19-12-20(25-15-24-19)26-8-2-5-18(26)13-27/h1,3-4,11-12,15,18,27H,2,5-10,13-14H2,(H,23,24,25). The van der Waals surface area contributed by atoms with E-state index in [4.69, 9.17) is 16.3 Å². The number of aliphatic hydroxyl groups is 1. The Bertz CT molecular complexity index is 797. The van der Waals surface area contributed by atoms with Gasteiger partial charge in [0.05, 0.1) is 12.6 Å². The Hall–Kier alpha value is -1.89. The summed E-state index contributed by atoms with van der Waals surface area (Å²) in [6, 6.07) is 10.3. The van der Waals surface area contributed by atoms with Crippen molar-refractivity contribution in [1.29, 1.82) is 0 Å². The Morgan fingerprint density at radius 3 is 2.89 bits per heavy atom. The Morgan fingerprint density at radius 1 is 1.25 bits per heavy atom. The van der Waals surface area contributed by atoms with Crippen LogP contribution in [0.3, 0.4) is 0 Å². The summed E-state index contributed by atoms with van der Waals surface area (Å²) >= 11 is 6.27. The van der Waals surface area contributed by atoms with E-state index in [-0.39, 0.29) is 18.1 Å². The monoisotopic (exact) mass is 402 g/mol. The minimum absolute atomic E-state index is 0.0322. The zero-order valence-corrected chi connectivity index (χ0v) is 16.7. The molecule has 2 saturated heterocycles. The number of aromatic nitrogens is 2. The lowest BCUT2D eigenvalue weighted by molar-refractivity contribution is 0.0543. The number of rotatable bonds is 6. The molecule has 1 aromatic heterocycles. The second kappa shape index (κ2) is 8.64. The highest BCUT2D eigenvalue weighted by atomic mass is 35.5. The number of nitrogens with zero attached hydrogens (tertiary/aromatic N) is 3. The fourth-order valence-electron chi connectivity index (χ4n) is 4.34. The molecule has 7 heteroatoms. The maximum atomic E-state index is 9.60. The van der Waals surface area contributed by atoms with Gasteiger partial charge in [-0.1, -0.05) is 23.7 Å². The summed E-state index contributed by atoms with van der Waals surface area (Å²) in [7, 11) is 0. The Balaban J connectivity index is 1.52. The molecule has 1 atom stereocenters. The number of halogens is 1. The Labute approximate surface area is 170 Å². The number of aliphatic hydroxyl groups excluding tert-OH is 1. The maximum absolute atomic E-state index is 9.60. The molecule has 2 aliphatic heterocycles. The molecule has 2 N–H and O–H groups in total. The molecule has 1 aromatic carbocycles. The van der Waals surface area contributed by atoms with Crippen LogP contribution in [-0.4, -0.2) is 54.0 Å². The lowest BCUT2D eigenvalue weighted by atomic mass is 9.74. The zero-order chi connectivity index (χ0) is 19.4. The maximum Gasteiger partial charge on any atom is 0.134 e. The van der Waals surface area contributed by atoms with Crippen LogP contribution in [0.4, 0.5) is 11.6 Å². The Kier molecular flexibility index (Phi) is 5.99. The van der Waals surface area contributed by atoms with E-state index in [9.17, 15) is 5.11 Å². The van der Waals surface area contributed by atoms with Crippen molar-refractivity contribution in [3.63, 3.8) is 0 Å². The van der Waals surface area contributed by atoms with Gasteiger partial charge < -0.3 is 20.1 Å². The molecule has 0 aliphatic carbocycles. The van der Waals surface area contributed by atoms with Gasteiger partial charge in [0.25, 0.3) is 0 Å². The highest BCUT2D eigenvalue weighted by molar-refractivity contribution is 6.30. The van der Waals surface area contributed by atoms with Gasteiger partial charge in [-0.2, -0.15) is 0 Å². The first-order valence-electron chi connectivity index (χ1n) is 9.97. The fraction of sp³-hybridized carbons (Fsp3) is 0.524. The molecule has 0 amide bonds. The molecule has 0 saturated carbocycles. The highest BCUT2D eigenvalue weighted by Gasteiger charge is 2.34. The van der Waals surface area contributed by atoms with Gasteiger partial charge in [0.15, 0.2) is 0 Å². The molecule has 0 bridgehead atoms. The normalized spacial score (nSPS) is 21.6. The van der Waals surface area contributed by atoms with Crippen molar-refractivity contribution in [2.75, 3.05) is 43.1 Å². The van der Waals surface area contributed by atoms with Crippen molar-refractivity contribution in [1.82, 2.24) is 9.97 Å². The van der Waals surface area contributed by atoms with Gasteiger partial charge in [-0.3, -0.25) is 0 Å². The van der Waals surface area contributed by atoms with Crippen LogP contribution in [0.5, 0.6) is 0 Å². The molecule has 28 heavy (non-hydrogen) atoms. The van der Waals surface area contributed by atoms with Crippen molar-refractivity contribution < 1.29 is 9.84 Å². The van der Waals surface area contributed by atoms with E-state index in [2.05, 4.69) is 32.3 Å². The minimum Gasteiger partial charge on any atom is -0.394 e. The predicted molar refractivity (Wildman–Crippen MR) is 111 cm³/mol. The van der Waals surface area contributed by atoms with E-state index >= 15 is 0 Å². The fourth-order valence-corrected chi connectivity index (χ4v) is 4.53. The molecule has 6 nitrogen and oxygen atoms in total. The number of ether oxygens (including phenoxy) is 1. The first-order chi connectivity index (χ1) is 13.7. The molecule has 4 rings (SSSR count). The van der Waals surface area contributed by atoms with Crippen molar-refractivity contribution >= 4 is 23.2 Å². The first-order valence-corrected chi connectivity index (χ1v) is 10.4. The number of anilines is 2. The predicted octanol–water partition coefficient (Wildman–Crippen LogP) is 3.25. The lowest BCUT2D eigenvalue weighted by Gasteiger charge is -2.38. The van der Waals surface area contributed by atoms with Gasteiger partial charge in [0.1, 0.15) is 18.0 Å². The van der Waals surface area contributed by atoms with E-state index in [0.29, 0.717) is 0 Å². The van der Waals surface area contributed by atoms with Crippen LogP contribution < -0.4 is 10.2 Å². The summed E-state index contributed by atoms with van der Waals surface area (Å²) in [5, 5.41) is 13.9. The first kappa shape index (κ1) is 19.4. The van der Waals surface area contributed by atoms with Gasteiger partial charge in [-0.25, -0.2) is 9.97 Å². The van der Waals surface area contributed by atoms with E-state index in [1.165, 1.54) is 5.56 Å². The third kappa shape index (κ3) is 4.09. The average Bonchev–Trinajstić information content (AvgIpc) is 3.22. The van der Waals surface area contributed by atoms with Crippen LogP contribution in [0.1, 0.15) is 31.2 Å². The smallest absolute Gasteiger partial charge is 0.134 e. The number of hydrogen-bond acceptors (Lipinski definition) is 6. The lowest BCUT2D eigenvalue weighted by Crippen LogP contribution is -2.40. The third-order valence-corrected chi connectivity index (χ3v) is 6.26. The van der Waals surface area contributed by atoms with Crippen LogP contribution in [0, 0.1) is 0 Å². The summed E-state index contributed by atoms with van der Waals surface area (Å²) < 4.78 is 5.62. The zero-order valence-electron chi connectivity index (χ0n) is 16.0. The molecule has 0 spiro atoms. The van der Waals surface area contributed by atoms with Crippen LogP contribution in [0.25, 0.3) is 0 Å². The molecular formula is C21H27ClN4O2. The van der Waals surface area contributed by atoms with E-state index in [1.807, 2.05) is 18.2 Å². The number of nitrogens with one attached hydrogen (secondary N) is 1. The summed E-state index contributed by atoms with van der Waals surface area (Å²) in [4.78, 5) is 11.0. The van der Waals surface area contributed by atoms with Crippen LogP contribution >= 0.6 is 11.6 Å². The van der Waals surface area contributed by atoms with Crippen LogP contribution in [0.15, 0.2) is 36.7 Å². The summed E-state index contributed by atoms with van der Waals surface area (Å²) in [6.07, 6.45) is 5.56. The SMILES string of the molecule is OCC1CCCN1c1cc(NCC2(c3cccc(Cl)c3)CCOCC2)ncn1. The minimum atomic E-state index is -0.0322. The van der Waals surface area contributed by atoms with Crippen molar-refractivity contribution in [3.8, 4) is 0 Å². The molecule has 150 valence electrons. The summed E-state index contributed by atoms with van der Waals surface area (Å²) in [5.74, 6) is 1.68. The van der Waals surface area contributed by atoms with E-state index < -0.39 is 0 Å². The topological polar surface area (TPSA) is 70.5 Å². The summed E-state index contributed by atoms with van der Waals surface area (Å²) in [5.41, 5.74) is 1.21. The van der Waals surface area contributed by atoms with Crippen molar-refractivity contribution in [2.45, 2.75) is 37.1 Å². The number of benzene rings is 1. The second-order valence-corrected chi connectivity index (χ2v) is 8.13. The molecule has 2 fully saturated rings. The van der Waals surface area contributed by atoms with Crippen molar-refractivity contribution in [2.24, 2.45) is 0 Å². The summed E-state index contributed by atoms with van der Waals surface area (Å²) in [6.45, 7) is 3.33. The van der Waals surface area contributed by atoms with E-state index in [1.54, 1.807) is 6.33 Å². The third-order valence-electron chi connectivity index (χ3n) is 6.03. The average molecular weight is 403 g/mol. The van der Waals surface area contributed by atoms with Gasteiger partial charge >= 0.3 is 0 Å². The van der Waals surface area contributed by atoms with Gasteiger partial charge in [-0.05, 0) is 43.4 Å². The molecular weight excluding hydrogens is 376 g/mol. The quantitative estimate of drug-likeness (QED) is 0.772. The van der Waals surface area contributed by atoms with Crippen LogP contribution in [-0.2, 0) is 10.2 Å². The van der Waals surface area contributed by atoms with Gasteiger partial charge in [-0.15, -0.1) is 0 Å². The highest BCUT2D eigenvalue weighted by Crippen LogP contribution is 2.36. The number of hydrogen-bond donors (Lipinski definition) is 2. The largest absolute Gasteiger partial charge is 0.394 e. The van der Waals surface area contributed by atoms with Crippen LogP contribution in [0.2, 0.25) is 5.02 Å². The van der Waals surface area contributed by atoms with Crippen molar-refractivity contribution in [3.05, 3.63) is 47.2 Å². The molecule has 2 aliphatic rings.